The third-order valence-electron chi connectivity index (χ3n) is 5.07. The number of hydrogen-bond donors (Lipinski definition) is 1. The Bertz CT molecular complexity index is 418. The van der Waals surface area contributed by atoms with E-state index in [-0.39, 0.29) is 0 Å². The van der Waals surface area contributed by atoms with Gasteiger partial charge in [0, 0.05) is 12.1 Å². The monoisotopic (exact) mass is 290 g/mol. The fourth-order valence-electron chi connectivity index (χ4n) is 3.82. The molecule has 2 rings (SSSR count). The molecule has 0 heterocycles. The molecular weight excluding hydrogens is 260 g/mol. The van der Waals surface area contributed by atoms with E-state index in [4.69, 9.17) is 10.5 Å². The molecule has 0 amide bonds. The minimum absolute atomic E-state index is 0.466. The van der Waals surface area contributed by atoms with Gasteiger partial charge in [0.2, 0.25) is 0 Å². The number of ether oxygens (including phenoxy) is 1. The average molecular weight is 290 g/mol. The molecule has 3 heteroatoms. The Morgan fingerprint density at radius 3 is 2.48 bits per heavy atom. The highest BCUT2D eigenvalue weighted by molar-refractivity contribution is 5.29. The van der Waals surface area contributed by atoms with Gasteiger partial charge in [-0.25, -0.2) is 0 Å². The Morgan fingerprint density at radius 2 is 1.90 bits per heavy atom. The number of nitrogens with two attached hydrogens (primary N) is 1. The van der Waals surface area contributed by atoms with Crippen molar-refractivity contribution in [3.63, 3.8) is 0 Å². The lowest BCUT2D eigenvalue weighted by atomic mass is 9.82. The van der Waals surface area contributed by atoms with E-state index in [1.807, 2.05) is 0 Å². The molecule has 1 aromatic carbocycles. The topological polar surface area (TPSA) is 38.5 Å². The van der Waals surface area contributed by atoms with Gasteiger partial charge in [-0.05, 0) is 56.5 Å². The molecule has 118 valence electrons. The maximum atomic E-state index is 6.01. The SMILES string of the molecule is CCC(c1ccc(OC)cc1)N(C)C1CCCCC1CN. The van der Waals surface area contributed by atoms with Gasteiger partial charge < -0.3 is 10.5 Å². The Labute approximate surface area is 129 Å². The Kier molecular flexibility index (Phi) is 6.07. The van der Waals surface area contributed by atoms with Gasteiger partial charge in [-0.15, -0.1) is 0 Å². The molecule has 1 aliphatic rings. The summed E-state index contributed by atoms with van der Waals surface area (Å²) >= 11 is 0. The maximum Gasteiger partial charge on any atom is 0.118 e. The third-order valence-corrected chi connectivity index (χ3v) is 5.07. The van der Waals surface area contributed by atoms with Crippen molar-refractivity contribution in [3.05, 3.63) is 29.8 Å². The molecule has 21 heavy (non-hydrogen) atoms. The molecule has 2 N–H and O–H groups in total. The van der Waals surface area contributed by atoms with Gasteiger partial charge >= 0.3 is 0 Å². The average Bonchev–Trinajstić information content (AvgIpc) is 2.56. The van der Waals surface area contributed by atoms with Crippen LogP contribution in [-0.2, 0) is 0 Å². The second kappa shape index (κ2) is 7.81. The quantitative estimate of drug-likeness (QED) is 0.870. The van der Waals surface area contributed by atoms with Crippen LogP contribution in [0.4, 0.5) is 0 Å². The van der Waals surface area contributed by atoms with Crippen molar-refractivity contribution in [3.8, 4) is 5.75 Å². The van der Waals surface area contributed by atoms with Crippen molar-refractivity contribution in [2.24, 2.45) is 11.7 Å². The Hall–Kier alpha value is -1.06. The van der Waals surface area contributed by atoms with E-state index in [2.05, 4.69) is 43.1 Å². The van der Waals surface area contributed by atoms with Crippen LogP contribution in [0.15, 0.2) is 24.3 Å². The van der Waals surface area contributed by atoms with Crippen molar-refractivity contribution in [2.75, 3.05) is 20.7 Å². The number of rotatable bonds is 6. The highest BCUT2D eigenvalue weighted by Crippen LogP contribution is 2.34. The standard InChI is InChI=1S/C18H30N2O/c1-4-17(14-9-11-16(21-3)12-10-14)20(2)18-8-6-5-7-15(18)13-19/h9-12,15,17-18H,4-8,13,19H2,1-3H3. The summed E-state index contributed by atoms with van der Waals surface area (Å²) in [5, 5.41) is 0. The van der Waals surface area contributed by atoms with Crippen LogP contribution in [0.2, 0.25) is 0 Å². The molecule has 0 spiro atoms. The molecule has 0 aromatic heterocycles. The minimum atomic E-state index is 0.466. The lowest BCUT2D eigenvalue weighted by Crippen LogP contribution is -2.44. The normalized spacial score (nSPS) is 24.0. The largest absolute Gasteiger partial charge is 0.497 e. The van der Waals surface area contributed by atoms with Gasteiger partial charge in [-0.2, -0.15) is 0 Å². The van der Waals surface area contributed by atoms with Crippen molar-refractivity contribution < 1.29 is 4.74 Å². The Balaban J connectivity index is 2.14. The van der Waals surface area contributed by atoms with E-state index in [0.717, 1.165) is 18.7 Å². The highest BCUT2D eigenvalue weighted by atomic mass is 16.5. The van der Waals surface area contributed by atoms with Crippen LogP contribution >= 0.6 is 0 Å². The highest BCUT2D eigenvalue weighted by Gasteiger charge is 2.30. The second-order valence-corrected chi connectivity index (χ2v) is 6.21. The van der Waals surface area contributed by atoms with E-state index < -0.39 is 0 Å². The maximum absolute atomic E-state index is 6.01. The lowest BCUT2D eigenvalue weighted by Gasteiger charge is -2.41. The van der Waals surface area contributed by atoms with Crippen molar-refractivity contribution in [2.45, 2.75) is 51.1 Å². The predicted molar refractivity (Wildman–Crippen MR) is 88.6 cm³/mol. The van der Waals surface area contributed by atoms with Gasteiger partial charge in [0.15, 0.2) is 0 Å². The van der Waals surface area contributed by atoms with Gasteiger partial charge in [-0.1, -0.05) is 31.9 Å². The Morgan fingerprint density at radius 1 is 1.24 bits per heavy atom. The fraction of sp³-hybridized carbons (Fsp3) is 0.667. The van der Waals surface area contributed by atoms with E-state index in [9.17, 15) is 0 Å². The number of nitrogens with zero attached hydrogens (tertiary/aromatic N) is 1. The summed E-state index contributed by atoms with van der Waals surface area (Å²) in [4.78, 5) is 2.57. The zero-order chi connectivity index (χ0) is 15.2. The fourth-order valence-corrected chi connectivity index (χ4v) is 3.82. The molecule has 0 aliphatic heterocycles. The molecule has 0 saturated heterocycles. The zero-order valence-electron chi connectivity index (χ0n) is 13.7. The van der Waals surface area contributed by atoms with Crippen LogP contribution in [0.3, 0.4) is 0 Å². The van der Waals surface area contributed by atoms with E-state index in [0.29, 0.717) is 18.0 Å². The van der Waals surface area contributed by atoms with E-state index in [1.165, 1.54) is 31.2 Å². The molecule has 1 saturated carbocycles. The van der Waals surface area contributed by atoms with Crippen LogP contribution in [0.1, 0.15) is 50.6 Å². The molecular formula is C18H30N2O. The van der Waals surface area contributed by atoms with Crippen LogP contribution in [0, 0.1) is 5.92 Å². The van der Waals surface area contributed by atoms with Crippen LogP contribution in [-0.4, -0.2) is 31.6 Å². The first-order valence-corrected chi connectivity index (χ1v) is 8.27. The lowest BCUT2D eigenvalue weighted by molar-refractivity contribution is 0.0895. The summed E-state index contributed by atoms with van der Waals surface area (Å²) < 4.78 is 5.26. The summed E-state index contributed by atoms with van der Waals surface area (Å²) in [6.45, 7) is 3.08. The molecule has 0 bridgehead atoms. The molecule has 1 aromatic rings. The first kappa shape index (κ1) is 16.3. The minimum Gasteiger partial charge on any atom is -0.497 e. The van der Waals surface area contributed by atoms with E-state index >= 15 is 0 Å². The van der Waals surface area contributed by atoms with E-state index in [1.54, 1.807) is 7.11 Å². The molecule has 1 fully saturated rings. The van der Waals surface area contributed by atoms with Crippen molar-refractivity contribution in [1.82, 2.24) is 4.90 Å². The predicted octanol–water partition coefficient (Wildman–Crippen LogP) is 3.60. The first-order valence-electron chi connectivity index (χ1n) is 8.27. The molecule has 3 unspecified atom stereocenters. The summed E-state index contributed by atoms with van der Waals surface area (Å²) in [6, 6.07) is 9.61. The molecule has 0 radical (unpaired) electrons. The summed E-state index contributed by atoms with van der Waals surface area (Å²) in [6.07, 6.45) is 6.36. The number of methoxy groups -OCH3 is 1. The zero-order valence-corrected chi connectivity index (χ0v) is 13.7. The van der Waals surface area contributed by atoms with Gasteiger partial charge in [-0.3, -0.25) is 4.90 Å². The van der Waals surface area contributed by atoms with Gasteiger partial charge in [0.1, 0.15) is 5.75 Å². The molecule has 3 atom stereocenters. The summed E-state index contributed by atoms with van der Waals surface area (Å²) in [7, 11) is 3.99. The van der Waals surface area contributed by atoms with Crippen LogP contribution in [0.25, 0.3) is 0 Å². The van der Waals surface area contributed by atoms with Crippen molar-refractivity contribution in [1.29, 1.82) is 0 Å². The third kappa shape index (κ3) is 3.78. The van der Waals surface area contributed by atoms with Crippen LogP contribution < -0.4 is 10.5 Å². The first-order chi connectivity index (χ1) is 10.2. The smallest absolute Gasteiger partial charge is 0.118 e. The van der Waals surface area contributed by atoms with Crippen molar-refractivity contribution >= 4 is 0 Å². The second-order valence-electron chi connectivity index (χ2n) is 6.21. The van der Waals surface area contributed by atoms with Gasteiger partial charge in [0.05, 0.1) is 7.11 Å². The summed E-state index contributed by atoms with van der Waals surface area (Å²) in [5.41, 5.74) is 7.38. The number of hydrogen-bond acceptors (Lipinski definition) is 3. The number of benzene rings is 1. The van der Waals surface area contributed by atoms with Crippen LogP contribution in [0.5, 0.6) is 5.75 Å². The molecule has 3 nitrogen and oxygen atoms in total. The molecule has 1 aliphatic carbocycles. The summed E-state index contributed by atoms with van der Waals surface area (Å²) in [5.74, 6) is 1.57. The van der Waals surface area contributed by atoms with Gasteiger partial charge in [0.25, 0.3) is 0 Å².